The molecule has 0 radical (unpaired) electrons. The van der Waals surface area contributed by atoms with Gasteiger partial charge in [-0.25, -0.2) is 0 Å². The van der Waals surface area contributed by atoms with Gasteiger partial charge in [0.25, 0.3) is 0 Å². The van der Waals surface area contributed by atoms with Gasteiger partial charge < -0.3 is 9.84 Å². The van der Waals surface area contributed by atoms with Gasteiger partial charge in [0.2, 0.25) is 0 Å². The zero-order chi connectivity index (χ0) is 12.4. The molecule has 0 fully saturated rings. The Kier molecular flexibility index (Phi) is 8.16. The van der Waals surface area contributed by atoms with Gasteiger partial charge >= 0.3 is 0 Å². The van der Waals surface area contributed by atoms with Crippen molar-refractivity contribution in [3.05, 3.63) is 24.3 Å². The highest BCUT2D eigenvalue weighted by atomic mass is 16.5. The second kappa shape index (κ2) is 8.50. The Labute approximate surface area is 99.2 Å². The van der Waals surface area contributed by atoms with Gasteiger partial charge in [-0.1, -0.05) is 39.5 Å². The molecule has 0 aromatic rings. The van der Waals surface area contributed by atoms with Crippen molar-refractivity contribution in [2.45, 2.75) is 27.2 Å². The Bertz CT molecular complexity index is 216. The van der Waals surface area contributed by atoms with E-state index in [1.165, 1.54) is 5.57 Å². The lowest BCUT2D eigenvalue weighted by molar-refractivity contribution is 0.132. The number of hydrogen-bond donors (Lipinski definition) is 2. The molecule has 0 saturated heterocycles. The largest absolute Gasteiger partial charge is 0.381 e. The normalized spacial score (nSPS) is 12.9. The van der Waals surface area contributed by atoms with E-state index in [0.717, 1.165) is 6.42 Å². The van der Waals surface area contributed by atoms with Crippen LogP contribution in [0.15, 0.2) is 24.3 Å². The van der Waals surface area contributed by atoms with Crippen LogP contribution in [-0.4, -0.2) is 31.6 Å². The number of aliphatic hydroxyl groups is 1. The average molecular weight is 227 g/mol. The van der Waals surface area contributed by atoms with E-state index < -0.39 is 0 Å². The molecule has 3 nitrogen and oxygen atoms in total. The first-order chi connectivity index (χ1) is 7.52. The average Bonchev–Trinajstić information content (AvgIpc) is 2.20. The fourth-order valence-corrected chi connectivity index (χ4v) is 1.32. The number of nitrogens with one attached hydrogen (secondary N) is 1. The van der Waals surface area contributed by atoms with Crippen molar-refractivity contribution >= 4 is 0 Å². The summed E-state index contributed by atoms with van der Waals surface area (Å²) in [4.78, 5) is 0. The summed E-state index contributed by atoms with van der Waals surface area (Å²) in [5.41, 5.74) is 1.41. The predicted molar refractivity (Wildman–Crippen MR) is 68.3 cm³/mol. The van der Waals surface area contributed by atoms with Crippen LogP contribution in [0.4, 0.5) is 0 Å². The number of ether oxygens (including phenoxy) is 1. The predicted octanol–water partition coefficient (Wildman–Crippen LogP) is 2.09. The third-order valence-corrected chi connectivity index (χ3v) is 2.25. The smallest absolute Gasteiger partial charge is 0.0932 e. The van der Waals surface area contributed by atoms with E-state index in [2.05, 4.69) is 38.7 Å². The monoisotopic (exact) mass is 227 g/mol. The van der Waals surface area contributed by atoms with Crippen molar-refractivity contribution < 1.29 is 9.84 Å². The maximum atomic E-state index is 8.48. The topological polar surface area (TPSA) is 41.5 Å². The standard InChI is InChI=1S/C13H25NO2/c1-5-12(13(2,3)4)7-6-9-16-10-8-14-11-15/h5,7,14-15H,1,6,8-11H2,2-4H3/b12-7+. The SMILES string of the molecule is C=C/C(=C\CCOCCNCO)C(C)(C)C. The molecule has 0 atom stereocenters. The van der Waals surface area contributed by atoms with Crippen LogP contribution in [0.3, 0.4) is 0 Å². The summed E-state index contributed by atoms with van der Waals surface area (Å²) in [5.74, 6) is 0. The zero-order valence-corrected chi connectivity index (χ0v) is 10.8. The third-order valence-electron chi connectivity index (χ3n) is 2.25. The summed E-state index contributed by atoms with van der Waals surface area (Å²) in [6, 6.07) is 0. The summed E-state index contributed by atoms with van der Waals surface area (Å²) >= 11 is 0. The van der Waals surface area contributed by atoms with Gasteiger partial charge in [0.05, 0.1) is 19.9 Å². The van der Waals surface area contributed by atoms with E-state index in [9.17, 15) is 0 Å². The van der Waals surface area contributed by atoms with Gasteiger partial charge in [-0.15, -0.1) is 0 Å². The fraction of sp³-hybridized carbons (Fsp3) is 0.692. The molecule has 0 saturated carbocycles. The van der Waals surface area contributed by atoms with Crippen molar-refractivity contribution in [2.75, 3.05) is 26.5 Å². The van der Waals surface area contributed by atoms with Crippen molar-refractivity contribution in [1.82, 2.24) is 5.32 Å². The molecule has 0 unspecified atom stereocenters. The van der Waals surface area contributed by atoms with Crippen LogP contribution in [0, 0.1) is 5.41 Å². The summed E-state index contributed by atoms with van der Waals surface area (Å²) < 4.78 is 5.39. The molecule has 0 amide bonds. The molecule has 0 spiro atoms. The number of rotatable bonds is 8. The Morgan fingerprint density at radius 1 is 1.38 bits per heavy atom. The molecule has 0 heterocycles. The molecular formula is C13H25NO2. The molecular weight excluding hydrogens is 202 g/mol. The molecule has 2 N–H and O–H groups in total. The third kappa shape index (κ3) is 7.63. The van der Waals surface area contributed by atoms with E-state index in [0.29, 0.717) is 19.8 Å². The highest BCUT2D eigenvalue weighted by Gasteiger charge is 2.12. The first kappa shape index (κ1) is 15.4. The van der Waals surface area contributed by atoms with Crippen LogP contribution in [0.25, 0.3) is 0 Å². The van der Waals surface area contributed by atoms with E-state index in [-0.39, 0.29) is 12.1 Å². The summed E-state index contributed by atoms with van der Waals surface area (Å²) in [6.07, 6.45) is 4.98. The van der Waals surface area contributed by atoms with Crippen LogP contribution in [0.2, 0.25) is 0 Å². The maximum Gasteiger partial charge on any atom is 0.0932 e. The fourth-order valence-electron chi connectivity index (χ4n) is 1.32. The summed E-state index contributed by atoms with van der Waals surface area (Å²) in [5, 5.41) is 11.3. The van der Waals surface area contributed by atoms with Gasteiger partial charge in [0.1, 0.15) is 0 Å². The van der Waals surface area contributed by atoms with Crippen molar-refractivity contribution in [1.29, 1.82) is 0 Å². The number of allylic oxidation sites excluding steroid dienone is 2. The molecule has 0 aromatic carbocycles. The molecule has 0 bridgehead atoms. The molecule has 16 heavy (non-hydrogen) atoms. The Morgan fingerprint density at radius 2 is 2.06 bits per heavy atom. The lowest BCUT2D eigenvalue weighted by atomic mass is 9.86. The lowest BCUT2D eigenvalue weighted by Gasteiger charge is -2.20. The van der Waals surface area contributed by atoms with Crippen molar-refractivity contribution in [3.63, 3.8) is 0 Å². The van der Waals surface area contributed by atoms with Crippen LogP contribution in [0.5, 0.6) is 0 Å². The first-order valence-corrected chi connectivity index (χ1v) is 5.74. The molecule has 94 valence electrons. The maximum absolute atomic E-state index is 8.48. The molecule has 3 heteroatoms. The molecule has 0 rings (SSSR count). The van der Waals surface area contributed by atoms with Gasteiger partial charge in [-0.3, -0.25) is 5.32 Å². The van der Waals surface area contributed by atoms with Crippen LogP contribution < -0.4 is 5.32 Å². The van der Waals surface area contributed by atoms with E-state index in [4.69, 9.17) is 9.84 Å². The van der Waals surface area contributed by atoms with Gasteiger partial charge in [-0.05, 0) is 17.4 Å². The lowest BCUT2D eigenvalue weighted by Crippen LogP contribution is -2.20. The minimum Gasteiger partial charge on any atom is -0.381 e. The summed E-state index contributed by atoms with van der Waals surface area (Å²) in [7, 11) is 0. The molecule has 0 aromatic heterocycles. The van der Waals surface area contributed by atoms with Gasteiger partial charge in [0.15, 0.2) is 0 Å². The van der Waals surface area contributed by atoms with Crippen LogP contribution in [0.1, 0.15) is 27.2 Å². The Hall–Kier alpha value is -0.640. The second-order valence-corrected chi connectivity index (χ2v) is 4.67. The highest BCUT2D eigenvalue weighted by molar-refractivity contribution is 5.22. The van der Waals surface area contributed by atoms with Crippen LogP contribution in [-0.2, 0) is 4.74 Å². The van der Waals surface area contributed by atoms with Gasteiger partial charge in [0, 0.05) is 6.54 Å². The van der Waals surface area contributed by atoms with Crippen molar-refractivity contribution in [2.24, 2.45) is 5.41 Å². The van der Waals surface area contributed by atoms with Crippen LogP contribution >= 0.6 is 0 Å². The van der Waals surface area contributed by atoms with E-state index >= 15 is 0 Å². The first-order valence-electron chi connectivity index (χ1n) is 5.74. The molecule has 0 aliphatic heterocycles. The Morgan fingerprint density at radius 3 is 2.56 bits per heavy atom. The minimum absolute atomic E-state index is 0.00784. The van der Waals surface area contributed by atoms with Crippen molar-refractivity contribution in [3.8, 4) is 0 Å². The van der Waals surface area contributed by atoms with Gasteiger partial charge in [-0.2, -0.15) is 0 Å². The number of hydrogen-bond acceptors (Lipinski definition) is 3. The number of aliphatic hydroxyl groups excluding tert-OH is 1. The molecule has 0 aliphatic rings. The Balaban J connectivity index is 3.69. The van der Waals surface area contributed by atoms with E-state index in [1.54, 1.807) is 0 Å². The highest BCUT2D eigenvalue weighted by Crippen LogP contribution is 2.25. The second-order valence-electron chi connectivity index (χ2n) is 4.67. The quantitative estimate of drug-likeness (QED) is 0.379. The summed E-state index contributed by atoms with van der Waals surface area (Å²) in [6.45, 7) is 12.4. The minimum atomic E-state index is 0.00784. The molecule has 0 aliphatic carbocycles. The zero-order valence-electron chi connectivity index (χ0n) is 10.8. The van der Waals surface area contributed by atoms with E-state index in [1.807, 2.05) is 6.08 Å².